The fourth-order valence-electron chi connectivity index (χ4n) is 2.95. The van der Waals surface area contributed by atoms with Gasteiger partial charge in [0.05, 0.1) is 12.1 Å². The second-order valence-corrected chi connectivity index (χ2v) is 5.84. The van der Waals surface area contributed by atoms with Gasteiger partial charge in [-0.2, -0.15) is 5.26 Å². The summed E-state index contributed by atoms with van der Waals surface area (Å²) in [4.78, 5) is 17.2. The smallest absolute Gasteiger partial charge is 0.317 e. The maximum Gasteiger partial charge on any atom is 0.317 e. The fraction of sp³-hybridized carbons (Fsp3) is 0.562. The molecule has 1 aliphatic carbocycles. The lowest BCUT2D eigenvalue weighted by Gasteiger charge is -2.42. The summed E-state index contributed by atoms with van der Waals surface area (Å²) in [5.41, 5.74) is 2.40. The Morgan fingerprint density at radius 3 is 2.77 bits per heavy atom. The Bertz CT molecular complexity index is 603. The van der Waals surface area contributed by atoms with Crippen LogP contribution in [0.1, 0.15) is 36.6 Å². The molecule has 6 heteroatoms. The van der Waals surface area contributed by atoms with E-state index in [0.29, 0.717) is 11.4 Å². The van der Waals surface area contributed by atoms with Crippen LogP contribution in [0.4, 0.5) is 5.82 Å². The van der Waals surface area contributed by atoms with E-state index in [1.807, 2.05) is 31.7 Å². The number of anilines is 1. The van der Waals surface area contributed by atoms with Crippen LogP contribution in [0.25, 0.3) is 0 Å². The standard InChI is InChI=1S/C16H22N4O2/c1-4-20(9-15(21)22)13-6-12(7-13)19-16-14(8-17)10(2)5-11(3)18-16/h5,12-13H,4,6-7,9H2,1-3H3,(H,18,19)(H,21,22). The summed E-state index contributed by atoms with van der Waals surface area (Å²) in [5, 5.41) is 21.5. The zero-order chi connectivity index (χ0) is 16.3. The normalized spacial score (nSPS) is 20.3. The third-order valence-corrected chi connectivity index (χ3v) is 4.17. The Labute approximate surface area is 130 Å². The van der Waals surface area contributed by atoms with Gasteiger partial charge in [0.1, 0.15) is 11.9 Å². The number of likely N-dealkylation sites (N-methyl/N-ethyl adjacent to an activating group) is 1. The molecular weight excluding hydrogens is 280 g/mol. The molecule has 2 N–H and O–H groups in total. The topological polar surface area (TPSA) is 89.2 Å². The minimum absolute atomic E-state index is 0.0825. The molecule has 1 heterocycles. The van der Waals surface area contributed by atoms with Crippen LogP contribution in [0.2, 0.25) is 0 Å². The first-order chi connectivity index (χ1) is 10.4. The molecule has 1 saturated carbocycles. The van der Waals surface area contributed by atoms with Crippen LogP contribution >= 0.6 is 0 Å². The van der Waals surface area contributed by atoms with Crippen molar-refractivity contribution < 1.29 is 9.90 Å². The summed E-state index contributed by atoms with van der Waals surface area (Å²) < 4.78 is 0. The van der Waals surface area contributed by atoms with Crippen LogP contribution in [-0.4, -0.2) is 46.1 Å². The SMILES string of the molecule is CCN(CC(=O)O)C1CC(Nc2nc(C)cc(C)c2C#N)C1. The first-order valence-corrected chi connectivity index (χ1v) is 7.55. The number of nitrogens with one attached hydrogen (secondary N) is 1. The van der Waals surface area contributed by atoms with Crippen molar-refractivity contribution in [3.05, 3.63) is 22.9 Å². The molecule has 118 valence electrons. The van der Waals surface area contributed by atoms with Crippen LogP contribution in [0, 0.1) is 25.2 Å². The second kappa shape index (κ2) is 6.75. The molecule has 0 radical (unpaired) electrons. The molecule has 1 aliphatic rings. The average molecular weight is 302 g/mol. The number of rotatable bonds is 6. The predicted molar refractivity (Wildman–Crippen MR) is 83.7 cm³/mol. The first-order valence-electron chi connectivity index (χ1n) is 7.55. The number of carboxylic acids is 1. The van der Waals surface area contributed by atoms with Gasteiger partial charge < -0.3 is 10.4 Å². The number of carbonyl (C=O) groups is 1. The molecule has 0 amide bonds. The number of aromatic nitrogens is 1. The van der Waals surface area contributed by atoms with Gasteiger partial charge in [-0.05, 0) is 44.9 Å². The molecule has 0 saturated heterocycles. The highest BCUT2D eigenvalue weighted by Crippen LogP contribution is 2.29. The maximum atomic E-state index is 10.8. The van der Waals surface area contributed by atoms with Gasteiger partial charge in [-0.3, -0.25) is 9.69 Å². The van der Waals surface area contributed by atoms with Gasteiger partial charge in [0.2, 0.25) is 0 Å². The molecule has 1 aromatic rings. The van der Waals surface area contributed by atoms with Crippen molar-refractivity contribution in [2.24, 2.45) is 0 Å². The molecule has 0 unspecified atom stereocenters. The van der Waals surface area contributed by atoms with E-state index in [0.717, 1.165) is 30.6 Å². The van der Waals surface area contributed by atoms with Gasteiger partial charge in [0.25, 0.3) is 0 Å². The molecule has 6 nitrogen and oxygen atoms in total. The Kier molecular flexibility index (Phi) is 4.99. The summed E-state index contributed by atoms with van der Waals surface area (Å²) >= 11 is 0. The minimum Gasteiger partial charge on any atom is -0.480 e. The average Bonchev–Trinajstić information content (AvgIpc) is 2.39. The summed E-state index contributed by atoms with van der Waals surface area (Å²) in [6.45, 7) is 6.61. The first kappa shape index (κ1) is 16.2. The number of nitrogens with zero attached hydrogens (tertiary/aromatic N) is 3. The number of hydrogen-bond donors (Lipinski definition) is 2. The van der Waals surface area contributed by atoms with Crippen LogP contribution in [0.15, 0.2) is 6.07 Å². The van der Waals surface area contributed by atoms with Gasteiger partial charge in [0.15, 0.2) is 0 Å². The van der Waals surface area contributed by atoms with E-state index in [1.165, 1.54) is 0 Å². The highest BCUT2D eigenvalue weighted by molar-refractivity contribution is 5.69. The summed E-state index contributed by atoms with van der Waals surface area (Å²) in [6, 6.07) is 4.64. The van der Waals surface area contributed by atoms with E-state index < -0.39 is 5.97 Å². The molecular formula is C16H22N4O2. The number of aliphatic carboxylic acids is 1. The third-order valence-electron chi connectivity index (χ3n) is 4.17. The van der Waals surface area contributed by atoms with E-state index >= 15 is 0 Å². The minimum atomic E-state index is -0.791. The lowest BCUT2D eigenvalue weighted by atomic mass is 9.85. The van der Waals surface area contributed by atoms with E-state index in [2.05, 4.69) is 16.4 Å². The third kappa shape index (κ3) is 3.55. The Morgan fingerprint density at radius 2 is 2.23 bits per heavy atom. The second-order valence-electron chi connectivity index (χ2n) is 5.84. The Hall–Kier alpha value is -2.13. The molecule has 0 aromatic carbocycles. The highest BCUT2D eigenvalue weighted by Gasteiger charge is 2.34. The van der Waals surface area contributed by atoms with Gasteiger partial charge in [-0.1, -0.05) is 6.92 Å². The van der Waals surface area contributed by atoms with Crippen molar-refractivity contribution in [3.8, 4) is 6.07 Å². The van der Waals surface area contributed by atoms with Crippen LogP contribution in [0.3, 0.4) is 0 Å². The van der Waals surface area contributed by atoms with Crippen molar-refractivity contribution in [1.82, 2.24) is 9.88 Å². The number of pyridine rings is 1. The Morgan fingerprint density at radius 1 is 1.55 bits per heavy atom. The Balaban J connectivity index is 1.98. The maximum absolute atomic E-state index is 10.8. The highest BCUT2D eigenvalue weighted by atomic mass is 16.4. The number of hydrogen-bond acceptors (Lipinski definition) is 5. The number of nitriles is 1. The number of carboxylic acid groups (broad SMARTS) is 1. The molecule has 0 spiro atoms. The summed E-state index contributed by atoms with van der Waals surface area (Å²) in [7, 11) is 0. The molecule has 0 aliphatic heterocycles. The van der Waals surface area contributed by atoms with Gasteiger partial charge in [-0.25, -0.2) is 4.98 Å². The van der Waals surface area contributed by atoms with E-state index in [1.54, 1.807) is 0 Å². The van der Waals surface area contributed by atoms with Crippen molar-refractivity contribution in [2.45, 2.75) is 45.7 Å². The van der Waals surface area contributed by atoms with Gasteiger partial charge in [-0.15, -0.1) is 0 Å². The quantitative estimate of drug-likeness (QED) is 0.834. The monoisotopic (exact) mass is 302 g/mol. The molecule has 2 rings (SSSR count). The lowest BCUT2D eigenvalue weighted by molar-refractivity contribution is -0.139. The molecule has 1 aromatic heterocycles. The van der Waals surface area contributed by atoms with E-state index in [-0.39, 0.29) is 18.6 Å². The molecule has 1 fully saturated rings. The van der Waals surface area contributed by atoms with Crippen LogP contribution < -0.4 is 5.32 Å². The largest absolute Gasteiger partial charge is 0.480 e. The van der Waals surface area contributed by atoms with E-state index in [9.17, 15) is 10.1 Å². The van der Waals surface area contributed by atoms with Gasteiger partial charge in [0, 0.05) is 17.8 Å². The van der Waals surface area contributed by atoms with Crippen molar-refractivity contribution >= 4 is 11.8 Å². The predicted octanol–water partition coefficient (Wildman–Crippen LogP) is 1.92. The summed E-state index contributed by atoms with van der Waals surface area (Å²) in [6.07, 6.45) is 1.75. The fourth-order valence-corrected chi connectivity index (χ4v) is 2.95. The number of aryl methyl sites for hydroxylation is 2. The van der Waals surface area contributed by atoms with E-state index in [4.69, 9.17) is 5.11 Å². The lowest BCUT2D eigenvalue weighted by Crippen LogP contribution is -2.51. The van der Waals surface area contributed by atoms with Crippen LogP contribution in [-0.2, 0) is 4.79 Å². The van der Waals surface area contributed by atoms with Crippen molar-refractivity contribution in [2.75, 3.05) is 18.4 Å². The zero-order valence-electron chi connectivity index (χ0n) is 13.3. The van der Waals surface area contributed by atoms with Crippen LogP contribution in [0.5, 0.6) is 0 Å². The molecule has 0 bridgehead atoms. The summed E-state index contributed by atoms with van der Waals surface area (Å²) in [5.74, 6) is -0.147. The van der Waals surface area contributed by atoms with Crippen molar-refractivity contribution in [1.29, 1.82) is 5.26 Å². The molecule has 22 heavy (non-hydrogen) atoms. The molecule has 0 atom stereocenters. The zero-order valence-corrected chi connectivity index (χ0v) is 13.3. The van der Waals surface area contributed by atoms with Gasteiger partial charge >= 0.3 is 5.97 Å². The van der Waals surface area contributed by atoms with Crippen molar-refractivity contribution in [3.63, 3.8) is 0 Å².